The van der Waals surface area contributed by atoms with Crippen molar-refractivity contribution in [1.29, 1.82) is 0 Å². The lowest BCUT2D eigenvalue weighted by Crippen LogP contribution is -2.47. The molecule has 0 spiro atoms. The second-order valence-electron chi connectivity index (χ2n) is 3.12. The largest absolute Gasteiger partial charge is 0.340 e. The summed E-state index contributed by atoms with van der Waals surface area (Å²) in [7, 11) is -3.53. The molecular formula is C7H13NO4S. The number of hydrogen-bond acceptors (Lipinski definition) is 4. The molecule has 0 saturated carbocycles. The summed E-state index contributed by atoms with van der Waals surface area (Å²) in [5, 5.41) is 0. The topological polar surface area (TPSA) is 63.7 Å². The lowest BCUT2D eigenvalue weighted by atomic mass is 10.2. The summed E-state index contributed by atoms with van der Waals surface area (Å²) < 4.78 is 25.9. The Morgan fingerprint density at radius 3 is 2.31 bits per heavy atom. The fraction of sp³-hybridized carbons (Fsp3) is 0.857. The van der Waals surface area contributed by atoms with E-state index in [2.05, 4.69) is 4.18 Å². The lowest BCUT2D eigenvalue weighted by Gasteiger charge is -2.32. The molecule has 0 bridgehead atoms. The Bertz CT molecular complexity index is 294. The zero-order valence-electron chi connectivity index (χ0n) is 7.69. The van der Waals surface area contributed by atoms with Gasteiger partial charge in [0.25, 0.3) is 16.0 Å². The standard InChI is InChI=1S/C7H13NO4S/c1-6(12-13(2,10)11)7(9)8-4-3-5-8/h6H,3-5H2,1-2H3. The van der Waals surface area contributed by atoms with Crippen LogP contribution in [0.1, 0.15) is 13.3 Å². The van der Waals surface area contributed by atoms with Crippen molar-refractivity contribution in [2.45, 2.75) is 19.4 Å². The molecule has 1 amide bonds. The van der Waals surface area contributed by atoms with Gasteiger partial charge < -0.3 is 4.90 Å². The highest BCUT2D eigenvalue weighted by molar-refractivity contribution is 7.86. The summed E-state index contributed by atoms with van der Waals surface area (Å²) in [5.74, 6) is -0.253. The summed E-state index contributed by atoms with van der Waals surface area (Å²) in [5.41, 5.74) is 0. The van der Waals surface area contributed by atoms with Crippen LogP contribution < -0.4 is 0 Å². The molecule has 6 heteroatoms. The Morgan fingerprint density at radius 1 is 1.46 bits per heavy atom. The van der Waals surface area contributed by atoms with Crippen LogP contribution in [0.3, 0.4) is 0 Å². The summed E-state index contributed by atoms with van der Waals surface area (Å²) >= 11 is 0. The minimum Gasteiger partial charge on any atom is -0.340 e. The molecule has 1 saturated heterocycles. The van der Waals surface area contributed by atoms with Crippen molar-refractivity contribution in [2.75, 3.05) is 19.3 Å². The van der Waals surface area contributed by atoms with Crippen molar-refractivity contribution in [3.05, 3.63) is 0 Å². The maximum absolute atomic E-state index is 11.3. The third-order valence-electron chi connectivity index (χ3n) is 1.83. The van der Waals surface area contributed by atoms with Crippen molar-refractivity contribution >= 4 is 16.0 Å². The molecule has 0 aromatic rings. The van der Waals surface area contributed by atoms with E-state index in [9.17, 15) is 13.2 Å². The number of rotatable bonds is 3. The molecule has 0 aliphatic carbocycles. The number of amides is 1. The SMILES string of the molecule is CC(OS(C)(=O)=O)C(=O)N1CCC1. The van der Waals surface area contributed by atoms with Gasteiger partial charge in [-0.15, -0.1) is 0 Å². The minimum absolute atomic E-state index is 0.253. The van der Waals surface area contributed by atoms with Crippen molar-refractivity contribution in [2.24, 2.45) is 0 Å². The van der Waals surface area contributed by atoms with Gasteiger partial charge in [-0.2, -0.15) is 8.42 Å². The van der Waals surface area contributed by atoms with E-state index < -0.39 is 16.2 Å². The molecule has 13 heavy (non-hydrogen) atoms. The fourth-order valence-corrected chi connectivity index (χ4v) is 1.70. The van der Waals surface area contributed by atoms with Crippen molar-refractivity contribution in [3.8, 4) is 0 Å². The molecule has 0 aromatic heterocycles. The normalized spacial score (nSPS) is 19.4. The summed E-state index contributed by atoms with van der Waals surface area (Å²) in [6.07, 6.45) is 1.03. The van der Waals surface area contributed by atoms with Crippen LogP contribution in [0.4, 0.5) is 0 Å². The van der Waals surface area contributed by atoms with Crippen LogP contribution in [0.5, 0.6) is 0 Å². The zero-order valence-corrected chi connectivity index (χ0v) is 8.50. The summed E-state index contributed by atoms with van der Waals surface area (Å²) in [4.78, 5) is 12.9. The van der Waals surface area contributed by atoms with E-state index in [1.54, 1.807) is 4.90 Å². The molecule has 1 unspecified atom stereocenters. The maximum atomic E-state index is 11.3. The third-order valence-corrected chi connectivity index (χ3v) is 2.47. The van der Waals surface area contributed by atoms with E-state index in [0.29, 0.717) is 13.1 Å². The van der Waals surface area contributed by atoms with Crippen LogP contribution in [0, 0.1) is 0 Å². The van der Waals surface area contributed by atoms with Gasteiger partial charge >= 0.3 is 0 Å². The van der Waals surface area contributed by atoms with E-state index in [0.717, 1.165) is 12.7 Å². The van der Waals surface area contributed by atoms with Gasteiger partial charge in [0.05, 0.1) is 6.26 Å². The Kier molecular flexibility index (Phi) is 2.92. The number of nitrogens with zero attached hydrogens (tertiary/aromatic N) is 1. The highest BCUT2D eigenvalue weighted by atomic mass is 32.2. The highest BCUT2D eigenvalue weighted by Crippen LogP contribution is 2.10. The van der Waals surface area contributed by atoms with E-state index >= 15 is 0 Å². The molecule has 5 nitrogen and oxygen atoms in total. The van der Waals surface area contributed by atoms with Gasteiger partial charge in [0.15, 0.2) is 6.10 Å². The number of hydrogen-bond donors (Lipinski definition) is 0. The number of carbonyl (C=O) groups is 1. The monoisotopic (exact) mass is 207 g/mol. The van der Waals surface area contributed by atoms with Gasteiger partial charge in [-0.25, -0.2) is 0 Å². The molecule has 1 aliphatic rings. The molecule has 1 atom stereocenters. The molecule has 1 rings (SSSR count). The predicted molar refractivity (Wildman–Crippen MR) is 46.6 cm³/mol. The first-order valence-corrected chi connectivity index (χ1v) is 5.89. The first-order chi connectivity index (χ1) is 5.90. The predicted octanol–water partition coefficient (Wildman–Crippen LogP) is -0.417. The quantitative estimate of drug-likeness (QED) is 0.590. The molecule has 1 heterocycles. The van der Waals surface area contributed by atoms with Crippen LogP contribution >= 0.6 is 0 Å². The highest BCUT2D eigenvalue weighted by Gasteiger charge is 2.27. The minimum atomic E-state index is -3.53. The molecular weight excluding hydrogens is 194 g/mol. The Morgan fingerprint density at radius 2 is 2.00 bits per heavy atom. The average molecular weight is 207 g/mol. The van der Waals surface area contributed by atoms with Gasteiger partial charge in [-0.05, 0) is 13.3 Å². The molecule has 0 N–H and O–H groups in total. The van der Waals surface area contributed by atoms with Gasteiger partial charge in [-0.1, -0.05) is 0 Å². The smallest absolute Gasteiger partial charge is 0.265 e. The van der Waals surface area contributed by atoms with Crippen LogP contribution in [0.2, 0.25) is 0 Å². The van der Waals surface area contributed by atoms with Gasteiger partial charge in [0.2, 0.25) is 0 Å². The zero-order chi connectivity index (χ0) is 10.1. The summed E-state index contributed by atoms with van der Waals surface area (Å²) in [6.45, 7) is 2.86. The van der Waals surface area contributed by atoms with Crippen LogP contribution in [0.15, 0.2) is 0 Å². The van der Waals surface area contributed by atoms with Crippen LogP contribution in [0.25, 0.3) is 0 Å². The Hall–Kier alpha value is -0.620. The molecule has 1 aliphatic heterocycles. The van der Waals surface area contributed by atoms with E-state index in [-0.39, 0.29) is 5.91 Å². The first kappa shape index (κ1) is 10.5. The van der Waals surface area contributed by atoms with Crippen molar-refractivity contribution in [3.63, 3.8) is 0 Å². The van der Waals surface area contributed by atoms with E-state index in [4.69, 9.17) is 0 Å². The van der Waals surface area contributed by atoms with Gasteiger partial charge in [-0.3, -0.25) is 8.98 Å². The van der Waals surface area contributed by atoms with Gasteiger partial charge in [0, 0.05) is 13.1 Å². The lowest BCUT2D eigenvalue weighted by molar-refractivity contribution is -0.141. The number of carbonyl (C=O) groups excluding carboxylic acids is 1. The summed E-state index contributed by atoms with van der Waals surface area (Å²) in [6, 6.07) is 0. The molecule has 76 valence electrons. The first-order valence-electron chi connectivity index (χ1n) is 4.07. The third kappa shape index (κ3) is 2.96. The Balaban J connectivity index is 2.47. The van der Waals surface area contributed by atoms with Gasteiger partial charge in [0.1, 0.15) is 0 Å². The second kappa shape index (κ2) is 3.63. The van der Waals surface area contributed by atoms with Crippen LogP contribution in [-0.4, -0.2) is 44.7 Å². The van der Waals surface area contributed by atoms with E-state index in [1.165, 1.54) is 6.92 Å². The molecule has 0 radical (unpaired) electrons. The number of likely N-dealkylation sites (tertiary alicyclic amines) is 1. The average Bonchev–Trinajstić information content (AvgIpc) is 1.78. The van der Waals surface area contributed by atoms with E-state index in [1.807, 2.05) is 0 Å². The molecule has 1 fully saturated rings. The molecule has 0 aromatic carbocycles. The van der Waals surface area contributed by atoms with Crippen molar-refractivity contribution < 1.29 is 17.4 Å². The second-order valence-corrected chi connectivity index (χ2v) is 4.72. The van der Waals surface area contributed by atoms with Crippen molar-refractivity contribution in [1.82, 2.24) is 4.90 Å². The van der Waals surface area contributed by atoms with Crippen LogP contribution in [-0.2, 0) is 19.1 Å². The maximum Gasteiger partial charge on any atom is 0.265 e. The Labute approximate surface area is 77.8 Å². The fourth-order valence-electron chi connectivity index (χ4n) is 1.10.